The molecule has 0 saturated heterocycles. The van der Waals surface area contributed by atoms with Crippen LogP contribution in [0, 0.1) is 6.92 Å². The average molecular weight is 458 g/mol. The molecule has 4 heterocycles. The summed E-state index contributed by atoms with van der Waals surface area (Å²) in [5.41, 5.74) is 9.99. The molecule has 1 saturated carbocycles. The molecule has 1 aliphatic rings. The second kappa shape index (κ2) is 7.86. The van der Waals surface area contributed by atoms with Crippen molar-refractivity contribution >= 4 is 49.4 Å². The van der Waals surface area contributed by atoms with Crippen molar-refractivity contribution in [1.29, 1.82) is 0 Å². The van der Waals surface area contributed by atoms with Gasteiger partial charge in [-0.3, -0.25) is 4.21 Å². The van der Waals surface area contributed by atoms with Crippen LogP contribution >= 0.6 is 22.7 Å². The fourth-order valence-corrected chi connectivity index (χ4v) is 7.90. The fourth-order valence-electron chi connectivity index (χ4n) is 4.09. The molecule has 6 nitrogen and oxygen atoms in total. The van der Waals surface area contributed by atoms with Crippen molar-refractivity contribution in [1.82, 2.24) is 19.5 Å². The summed E-state index contributed by atoms with van der Waals surface area (Å²) in [5, 5.41) is 3.87. The summed E-state index contributed by atoms with van der Waals surface area (Å²) in [6, 6.07) is 2.04. The Morgan fingerprint density at radius 1 is 1.23 bits per heavy atom. The maximum atomic E-state index is 13.4. The number of hydrogen-bond acceptors (Lipinski definition) is 7. The van der Waals surface area contributed by atoms with Crippen LogP contribution in [-0.2, 0) is 17.8 Å². The van der Waals surface area contributed by atoms with E-state index >= 15 is 0 Å². The minimum Gasteiger partial charge on any atom is -0.396 e. The summed E-state index contributed by atoms with van der Waals surface area (Å²) in [4.78, 5) is 14.6. The van der Waals surface area contributed by atoms with E-state index in [2.05, 4.69) is 14.5 Å². The monoisotopic (exact) mass is 457 g/mol. The Labute approximate surface area is 185 Å². The van der Waals surface area contributed by atoms with E-state index in [1.165, 1.54) is 17.8 Å². The van der Waals surface area contributed by atoms with Crippen LogP contribution in [0.1, 0.15) is 37.9 Å². The van der Waals surface area contributed by atoms with Crippen LogP contribution in [0.5, 0.6) is 0 Å². The molecule has 5 rings (SSSR count). The molecule has 9 heteroatoms. The standard InChI is InChI=1S/C21H23N5OS3/c1-12-24-11-16(26(12)2)14-10-15(19-23-8-9-28-19)25-20-17(14)18(22)21(29-20)30(27)13-6-4-3-5-7-13/h8-11,13H,3-7,22H2,1-2H3. The second-order valence-corrected chi connectivity index (χ2v) is 11.5. The Morgan fingerprint density at radius 2 is 2.03 bits per heavy atom. The van der Waals surface area contributed by atoms with Gasteiger partial charge in [0.05, 0.1) is 28.4 Å². The number of aromatic nitrogens is 4. The molecule has 1 aliphatic carbocycles. The molecular weight excluding hydrogens is 434 g/mol. The fraction of sp³-hybridized carbons (Fsp3) is 0.381. The van der Waals surface area contributed by atoms with E-state index in [0.717, 1.165) is 67.9 Å². The van der Waals surface area contributed by atoms with Gasteiger partial charge in [0.1, 0.15) is 25.6 Å². The number of fused-ring (bicyclic) bond motifs is 1. The van der Waals surface area contributed by atoms with Gasteiger partial charge in [-0.2, -0.15) is 0 Å². The lowest BCUT2D eigenvalue weighted by molar-refractivity contribution is 0.505. The van der Waals surface area contributed by atoms with Crippen molar-refractivity contribution in [2.75, 3.05) is 5.73 Å². The topological polar surface area (TPSA) is 86.7 Å². The van der Waals surface area contributed by atoms with Gasteiger partial charge in [0.2, 0.25) is 0 Å². The Kier molecular flexibility index (Phi) is 5.20. The Bertz CT molecular complexity index is 1240. The zero-order chi connectivity index (χ0) is 20.8. The van der Waals surface area contributed by atoms with Gasteiger partial charge in [0.25, 0.3) is 0 Å². The van der Waals surface area contributed by atoms with Gasteiger partial charge in [-0.05, 0) is 25.8 Å². The molecule has 0 amide bonds. The summed E-state index contributed by atoms with van der Waals surface area (Å²) >= 11 is 3.02. The van der Waals surface area contributed by atoms with Crippen LogP contribution in [-0.4, -0.2) is 29.0 Å². The largest absolute Gasteiger partial charge is 0.396 e. The third-order valence-corrected chi connectivity index (χ3v) is 9.95. The summed E-state index contributed by atoms with van der Waals surface area (Å²) in [6.07, 6.45) is 9.19. The van der Waals surface area contributed by atoms with Crippen molar-refractivity contribution in [2.45, 2.75) is 48.5 Å². The van der Waals surface area contributed by atoms with Crippen LogP contribution in [0.15, 0.2) is 28.0 Å². The number of thiazole rings is 1. The minimum atomic E-state index is -1.10. The molecule has 4 aromatic rings. The number of hydrogen-bond donors (Lipinski definition) is 1. The maximum absolute atomic E-state index is 13.4. The smallest absolute Gasteiger partial charge is 0.141 e. The van der Waals surface area contributed by atoms with Gasteiger partial charge in [-0.15, -0.1) is 22.7 Å². The van der Waals surface area contributed by atoms with Crippen LogP contribution in [0.4, 0.5) is 5.69 Å². The van der Waals surface area contributed by atoms with Crippen LogP contribution in [0.25, 0.3) is 32.2 Å². The first-order valence-corrected chi connectivity index (χ1v) is 13.0. The number of nitrogens with zero attached hydrogens (tertiary/aromatic N) is 4. The van der Waals surface area contributed by atoms with Crippen molar-refractivity contribution < 1.29 is 4.21 Å². The number of rotatable bonds is 4. The normalized spacial score (nSPS) is 16.3. The van der Waals surface area contributed by atoms with Gasteiger partial charge in [0, 0.05) is 34.8 Å². The minimum absolute atomic E-state index is 0.190. The zero-order valence-electron chi connectivity index (χ0n) is 16.9. The van der Waals surface area contributed by atoms with Crippen LogP contribution < -0.4 is 5.73 Å². The van der Waals surface area contributed by atoms with E-state index in [9.17, 15) is 4.21 Å². The maximum Gasteiger partial charge on any atom is 0.141 e. The highest BCUT2D eigenvalue weighted by Gasteiger charge is 2.27. The number of anilines is 1. The van der Waals surface area contributed by atoms with E-state index in [-0.39, 0.29) is 5.25 Å². The molecule has 156 valence electrons. The van der Waals surface area contributed by atoms with Gasteiger partial charge in [0.15, 0.2) is 0 Å². The molecule has 4 aromatic heterocycles. The third kappa shape index (κ3) is 3.29. The number of nitrogen functional groups attached to an aromatic ring is 1. The predicted molar refractivity (Wildman–Crippen MR) is 125 cm³/mol. The quantitative estimate of drug-likeness (QED) is 0.458. The summed E-state index contributed by atoms with van der Waals surface area (Å²) in [7, 11) is 0.893. The lowest BCUT2D eigenvalue weighted by Gasteiger charge is -2.20. The molecule has 1 fully saturated rings. The Hall–Kier alpha value is -2.10. The average Bonchev–Trinajstić information content (AvgIpc) is 3.49. The number of pyridine rings is 1. The van der Waals surface area contributed by atoms with E-state index in [4.69, 9.17) is 10.7 Å². The highest BCUT2D eigenvalue weighted by atomic mass is 32.2. The number of imidazole rings is 1. The van der Waals surface area contributed by atoms with Crippen molar-refractivity contribution in [3.8, 4) is 22.0 Å². The predicted octanol–water partition coefficient (Wildman–Crippen LogP) is 5.15. The molecule has 30 heavy (non-hydrogen) atoms. The van der Waals surface area contributed by atoms with E-state index < -0.39 is 10.8 Å². The van der Waals surface area contributed by atoms with Crippen LogP contribution in [0.2, 0.25) is 0 Å². The van der Waals surface area contributed by atoms with Crippen molar-refractivity contribution in [3.05, 3.63) is 29.7 Å². The lowest BCUT2D eigenvalue weighted by Crippen LogP contribution is -2.18. The number of aryl methyl sites for hydroxylation is 1. The van der Waals surface area contributed by atoms with Crippen molar-refractivity contribution in [2.24, 2.45) is 7.05 Å². The highest BCUT2D eigenvalue weighted by molar-refractivity contribution is 7.88. The van der Waals surface area contributed by atoms with E-state index in [0.29, 0.717) is 5.69 Å². The molecule has 2 N–H and O–H groups in total. The number of nitrogens with two attached hydrogens (primary N) is 1. The van der Waals surface area contributed by atoms with Gasteiger partial charge < -0.3 is 10.3 Å². The van der Waals surface area contributed by atoms with Gasteiger partial charge >= 0.3 is 0 Å². The molecule has 0 aromatic carbocycles. The van der Waals surface area contributed by atoms with E-state index in [1.807, 2.05) is 31.6 Å². The zero-order valence-corrected chi connectivity index (χ0v) is 19.4. The first kappa shape index (κ1) is 19.8. The summed E-state index contributed by atoms with van der Waals surface area (Å²) in [5.74, 6) is 0.922. The van der Waals surface area contributed by atoms with Crippen molar-refractivity contribution in [3.63, 3.8) is 0 Å². The Balaban J connectivity index is 1.73. The SMILES string of the molecule is Cc1ncc(-c2cc(-c3nccs3)nc3sc(S(=O)C4CCCCC4)c(N)c23)n1C. The molecule has 0 bridgehead atoms. The molecule has 0 spiro atoms. The molecule has 0 aliphatic heterocycles. The first-order valence-electron chi connectivity index (χ1n) is 10.1. The molecule has 0 radical (unpaired) electrons. The summed E-state index contributed by atoms with van der Waals surface area (Å²) < 4.78 is 16.2. The lowest BCUT2D eigenvalue weighted by atomic mass is 10.0. The second-order valence-electron chi connectivity index (χ2n) is 7.68. The van der Waals surface area contributed by atoms with Gasteiger partial charge in [-0.1, -0.05) is 19.3 Å². The molecule has 1 unspecified atom stereocenters. The molecule has 1 atom stereocenters. The van der Waals surface area contributed by atoms with Crippen LogP contribution in [0.3, 0.4) is 0 Å². The van der Waals surface area contributed by atoms with Gasteiger partial charge in [-0.25, -0.2) is 15.0 Å². The Morgan fingerprint density at radius 3 is 2.70 bits per heavy atom. The highest BCUT2D eigenvalue weighted by Crippen LogP contribution is 2.44. The van der Waals surface area contributed by atoms with E-state index in [1.54, 1.807) is 17.5 Å². The summed E-state index contributed by atoms with van der Waals surface area (Å²) in [6.45, 7) is 1.98. The molecular formula is C21H23N5OS3. The number of thiophene rings is 1. The first-order chi connectivity index (χ1) is 14.5. The third-order valence-electron chi connectivity index (χ3n) is 5.85.